The summed E-state index contributed by atoms with van der Waals surface area (Å²) in [6.07, 6.45) is 12.2. The molecule has 0 spiro atoms. The Morgan fingerprint density at radius 3 is 2.21 bits per heavy atom. The molecule has 0 aromatic heterocycles. The number of hydrogen-bond acceptors (Lipinski definition) is 8. The van der Waals surface area contributed by atoms with Crippen molar-refractivity contribution in [1.29, 1.82) is 0 Å². The highest BCUT2D eigenvalue weighted by Crippen LogP contribution is 2.34. The number of esters is 1. The number of ether oxygens (including phenoxy) is 3. The van der Waals surface area contributed by atoms with E-state index >= 15 is 0 Å². The number of unbranched alkanes of at least 4 members (excludes halogenated alkanes) is 3. The van der Waals surface area contributed by atoms with Crippen molar-refractivity contribution in [3.05, 3.63) is 41.5 Å². The highest BCUT2D eigenvalue weighted by Gasteiger charge is 2.39. The summed E-state index contributed by atoms with van der Waals surface area (Å²) in [6, 6.07) is 9.06. The lowest BCUT2D eigenvalue weighted by atomic mass is 9.82. The lowest BCUT2D eigenvalue weighted by Gasteiger charge is -2.29. The van der Waals surface area contributed by atoms with Crippen LogP contribution in [0.25, 0.3) is 6.08 Å². The third kappa shape index (κ3) is 14.3. The highest BCUT2D eigenvalue weighted by molar-refractivity contribution is 6.60. The number of nitrogens with one attached hydrogen (secondary N) is 1. The van der Waals surface area contributed by atoms with E-state index in [4.69, 9.17) is 22.8 Å². The van der Waals surface area contributed by atoms with Gasteiger partial charge in [-0.3, -0.25) is 0 Å². The molecule has 0 atom stereocenters. The molecule has 0 bridgehead atoms. The van der Waals surface area contributed by atoms with Gasteiger partial charge in [0.05, 0.1) is 19.8 Å². The van der Waals surface area contributed by atoms with E-state index in [2.05, 4.69) is 28.3 Å². The van der Waals surface area contributed by atoms with Crippen LogP contribution in [0.2, 0.25) is 6.04 Å². The average Bonchev–Trinajstić information content (AvgIpc) is 3.00. The Morgan fingerprint density at radius 2 is 1.57 bits per heavy atom. The predicted octanol–water partition coefficient (Wildman–Crippen LogP) is 6.64. The normalized spacial score (nSPS) is 17.3. The summed E-state index contributed by atoms with van der Waals surface area (Å²) in [5, 5.41) is 2.81. The van der Waals surface area contributed by atoms with Gasteiger partial charge in [0, 0.05) is 45.1 Å². The third-order valence-electron chi connectivity index (χ3n) is 7.32. The van der Waals surface area contributed by atoms with Gasteiger partial charge in [-0.25, -0.2) is 9.59 Å². The van der Waals surface area contributed by atoms with Crippen LogP contribution >= 0.6 is 0 Å². The maximum atomic E-state index is 12.0. The van der Waals surface area contributed by atoms with Crippen molar-refractivity contribution in [3.63, 3.8) is 0 Å². The molecule has 10 heteroatoms. The summed E-state index contributed by atoms with van der Waals surface area (Å²) in [4.78, 5) is 23.4. The van der Waals surface area contributed by atoms with Crippen LogP contribution in [0.1, 0.15) is 95.6 Å². The van der Waals surface area contributed by atoms with Gasteiger partial charge in [0.1, 0.15) is 0 Å². The van der Waals surface area contributed by atoms with Crippen molar-refractivity contribution in [3.8, 4) is 0 Å². The molecule has 0 heterocycles. The largest absolute Gasteiger partial charge is 0.500 e. The van der Waals surface area contributed by atoms with E-state index in [0.29, 0.717) is 57.5 Å². The fourth-order valence-electron chi connectivity index (χ4n) is 5.23. The van der Waals surface area contributed by atoms with E-state index in [-0.39, 0.29) is 12.1 Å². The van der Waals surface area contributed by atoms with Gasteiger partial charge >= 0.3 is 20.9 Å². The quantitative estimate of drug-likeness (QED) is 0.0718. The van der Waals surface area contributed by atoms with Crippen molar-refractivity contribution >= 4 is 26.9 Å². The summed E-state index contributed by atoms with van der Waals surface area (Å²) < 4.78 is 33.7. The number of hydrogen-bond donors (Lipinski definition) is 1. The summed E-state index contributed by atoms with van der Waals surface area (Å²) >= 11 is 0. The Morgan fingerprint density at radius 1 is 0.905 bits per heavy atom. The smallest absolute Gasteiger partial charge is 0.466 e. The Labute approximate surface area is 254 Å². The van der Waals surface area contributed by atoms with E-state index in [1.54, 1.807) is 6.08 Å². The van der Waals surface area contributed by atoms with Crippen molar-refractivity contribution < 1.29 is 37.1 Å². The standard InChI is InChI=1S/C32H53NO8Si/c1-5-39-42(40-6-2,41-7-3)25-13-22-33-32(35)38-24-11-9-8-10-23-37-30-19-17-28(18-20-30)29-15-12-14-27(26-29)16-21-31(34)36-4/h12,14-16,21,26,28,30H,5-11,13,17-20,22-25H2,1-4H3,(H,33,35)/b21-16+. The van der Waals surface area contributed by atoms with Crippen molar-refractivity contribution in [2.45, 2.75) is 96.6 Å². The van der Waals surface area contributed by atoms with Gasteiger partial charge in [-0.05, 0) is 95.3 Å². The van der Waals surface area contributed by atoms with Gasteiger partial charge < -0.3 is 32.8 Å². The molecule has 1 aromatic carbocycles. The molecule has 42 heavy (non-hydrogen) atoms. The number of amides is 1. The SMILES string of the molecule is CCO[Si](CCCNC(=O)OCCCCCCOC1CCC(c2cccc(/C=C/C(=O)OC)c2)CC1)(OCC)OCC. The summed E-state index contributed by atoms with van der Waals surface area (Å²) in [7, 11) is -1.28. The summed E-state index contributed by atoms with van der Waals surface area (Å²) in [6.45, 7) is 9.15. The van der Waals surface area contributed by atoms with Crippen LogP contribution in [0.3, 0.4) is 0 Å². The van der Waals surface area contributed by atoms with Crippen LogP contribution in [0, 0.1) is 0 Å². The second-order valence-corrected chi connectivity index (χ2v) is 13.2. The Balaban J connectivity index is 1.50. The Bertz CT molecular complexity index is 903. The fraction of sp³-hybridized carbons (Fsp3) is 0.688. The number of benzene rings is 1. The summed E-state index contributed by atoms with van der Waals surface area (Å²) in [5.41, 5.74) is 2.34. The molecule has 1 aliphatic rings. The van der Waals surface area contributed by atoms with Gasteiger partial charge in [0.15, 0.2) is 0 Å². The minimum Gasteiger partial charge on any atom is -0.466 e. The van der Waals surface area contributed by atoms with E-state index in [1.165, 1.54) is 18.7 Å². The van der Waals surface area contributed by atoms with E-state index in [1.807, 2.05) is 26.8 Å². The Kier molecular flexibility index (Phi) is 18.4. The first-order valence-corrected chi connectivity index (χ1v) is 17.7. The zero-order valence-corrected chi connectivity index (χ0v) is 27.2. The fourth-order valence-corrected chi connectivity index (χ4v) is 7.84. The Hall–Kier alpha value is -2.24. The number of alkyl carbamates (subject to hydrolysis) is 1. The molecule has 0 aliphatic heterocycles. The van der Waals surface area contributed by atoms with E-state index in [0.717, 1.165) is 63.5 Å². The molecule has 2 rings (SSSR count). The number of rotatable bonds is 21. The first-order chi connectivity index (χ1) is 20.4. The zero-order valence-electron chi connectivity index (χ0n) is 26.2. The zero-order chi connectivity index (χ0) is 30.5. The first-order valence-electron chi connectivity index (χ1n) is 15.7. The van der Waals surface area contributed by atoms with Crippen LogP contribution in [0.4, 0.5) is 4.79 Å². The van der Waals surface area contributed by atoms with Crippen molar-refractivity contribution in [2.75, 3.05) is 46.7 Å². The van der Waals surface area contributed by atoms with Crippen molar-refractivity contribution in [1.82, 2.24) is 5.32 Å². The molecule has 1 fully saturated rings. The highest BCUT2D eigenvalue weighted by atomic mass is 28.4. The molecular weight excluding hydrogens is 554 g/mol. The number of methoxy groups -OCH3 is 1. The van der Waals surface area contributed by atoms with Gasteiger partial charge in [0.2, 0.25) is 0 Å². The minimum atomic E-state index is -2.67. The summed E-state index contributed by atoms with van der Waals surface area (Å²) in [5.74, 6) is 0.188. The lowest BCUT2D eigenvalue weighted by Crippen LogP contribution is -2.46. The molecule has 238 valence electrons. The average molecular weight is 608 g/mol. The maximum absolute atomic E-state index is 12.0. The molecule has 0 unspecified atom stereocenters. The molecule has 1 saturated carbocycles. The van der Waals surface area contributed by atoms with Crippen LogP contribution in [-0.2, 0) is 32.3 Å². The van der Waals surface area contributed by atoms with Crippen LogP contribution in [-0.4, -0.2) is 73.7 Å². The number of carbonyl (C=O) groups excluding carboxylic acids is 2. The molecular formula is C32H53NO8Si. The molecule has 1 N–H and O–H groups in total. The molecule has 0 radical (unpaired) electrons. The van der Waals surface area contributed by atoms with Gasteiger partial charge in [-0.15, -0.1) is 0 Å². The first kappa shape index (κ1) is 36.0. The molecule has 1 aliphatic carbocycles. The third-order valence-corrected chi connectivity index (χ3v) is 10.5. The van der Waals surface area contributed by atoms with Gasteiger partial charge in [0.25, 0.3) is 0 Å². The van der Waals surface area contributed by atoms with Gasteiger partial charge in [-0.2, -0.15) is 0 Å². The molecule has 1 amide bonds. The van der Waals surface area contributed by atoms with Crippen LogP contribution in [0.5, 0.6) is 0 Å². The molecule has 0 saturated heterocycles. The molecule has 1 aromatic rings. The second-order valence-electron chi connectivity index (χ2n) is 10.4. The van der Waals surface area contributed by atoms with E-state index < -0.39 is 8.80 Å². The van der Waals surface area contributed by atoms with E-state index in [9.17, 15) is 9.59 Å². The lowest BCUT2D eigenvalue weighted by molar-refractivity contribution is -0.134. The van der Waals surface area contributed by atoms with Gasteiger partial charge in [-0.1, -0.05) is 30.7 Å². The molecule has 9 nitrogen and oxygen atoms in total. The number of carbonyl (C=O) groups is 2. The predicted molar refractivity (Wildman–Crippen MR) is 166 cm³/mol. The minimum absolute atomic E-state index is 0.333. The van der Waals surface area contributed by atoms with Crippen molar-refractivity contribution in [2.24, 2.45) is 0 Å². The topological polar surface area (TPSA) is 102 Å². The monoisotopic (exact) mass is 607 g/mol. The van der Waals surface area contributed by atoms with Crippen LogP contribution in [0.15, 0.2) is 30.3 Å². The maximum Gasteiger partial charge on any atom is 0.500 e. The second kappa shape index (κ2) is 21.4. The van der Waals surface area contributed by atoms with Crippen LogP contribution < -0.4 is 5.32 Å².